The van der Waals surface area contributed by atoms with Crippen molar-refractivity contribution in [3.8, 4) is 34.5 Å². The molecule has 0 bridgehead atoms. The van der Waals surface area contributed by atoms with Crippen molar-refractivity contribution < 1.29 is 28.1 Å². The average molecular weight is 509 g/mol. The molecule has 0 N–H and O–H groups in total. The summed E-state index contributed by atoms with van der Waals surface area (Å²) in [5.74, 6) is 0.413. The van der Waals surface area contributed by atoms with Gasteiger partial charge in [-0.2, -0.15) is 0 Å². The molecule has 37 heavy (non-hydrogen) atoms. The Morgan fingerprint density at radius 2 is 1.89 bits per heavy atom. The summed E-state index contributed by atoms with van der Waals surface area (Å²) in [6, 6.07) is 7.98. The van der Waals surface area contributed by atoms with Gasteiger partial charge in [0, 0.05) is 43.8 Å². The number of carbonyl (C=O) groups is 1. The number of amides is 1. The van der Waals surface area contributed by atoms with E-state index in [2.05, 4.69) is 21.5 Å². The molecule has 194 valence electrons. The second-order valence-corrected chi connectivity index (χ2v) is 8.67. The van der Waals surface area contributed by atoms with Crippen LogP contribution < -0.4 is 14.2 Å². The maximum atomic E-state index is 15.0. The molecule has 0 spiro atoms. The van der Waals surface area contributed by atoms with Crippen molar-refractivity contribution in [3.05, 3.63) is 60.8 Å². The maximum Gasteiger partial charge on any atom is 0.410 e. The lowest BCUT2D eigenvalue weighted by Crippen LogP contribution is -2.42. The minimum Gasteiger partial charge on any atom is -0.497 e. The fraction of sp³-hybridized carbons (Fsp3) is 0.333. The van der Waals surface area contributed by atoms with Gasteiger partial charge in [0.1, 0.15) is 18.2 Å². The van der Waals surface area contributed by atoms with Gasteiger partial charge in [0.25, 0.3) is 0 Å². The third-order valence-electron chi connectivity index (χ3n) is 5.73. The smallest absolute Gasteiger partial charge is 0.410 e. The third kappa shape index (κ3) is 6.32. The number of likely N-dealkylation sites (tertiary alicyclic amines) is 1. The molecule has 3 heterocycles. The van der Waals surface area contributed by atoms with Crippen molar-refractivity contribution >= 4 is 12.2 Å². The minimum atomic E-state index is -0.584. The lowest BCUT2D eigenvalue weighted by atomic mass is 10.1. The van der Waals surface area contributed by atoms with Crippen molar-refractivity contribution in [3.63, 3.8) is 0 Å². The van der Waals surface area contributed by atoms with E-state index < -0.39 is 5.82 Å². The van der Waals surface area contributed by atoms with Crippen LogP contribution >= 0.6 is 0 Å². The normalized spacial score (nSPS) is 13.8. The van der Waals surface area contributed by atoms with Crippen molar-refractivity contribution in [1.29, 1.82) is 0 Å². The number of piperidine rings is 1. The van der Waals surface area contributed by atoms with Crippen LogP contribution in [0.5, 0.6) is 23.3 Å². The van der Waals surface area contributed by atoms with Crippen molar-refractivity contribution in [1.82, 2.24) is 19.9 Å². The molecule has 1 amide bonds. The number of nitrogens with zero attached hydrogens (tertiary/aromatic N) is 4. The molecule has 1 aliphatic heterocycles. The Morgan fingerprint density at radius 1 is 1.14 bits per heavy atom. The molecule has 1 fully saturated rings. The number of carbonyl (C=O) groups excluding carboxylic acids is 1. The van der Waals surface area contributed by atoms with Crippen LogP contribution in [0.15, 0.2) is 49.4 Å². The number of pyridine rings is 1. The van der Waals surface area contributed by atoms with Crippen molar-refractivity contribution in [2.75, 3.05) is 20.2 Å². The standard InChI is InChI=1S/C27H29FN4O5/c1-5-21-25(36-19-9-12-32(13-10-19)27(33)35-17(2)3)30-16-31-26(21)37-24-7-6-18(14-22(24)28)23-15-20(34-4)8-11-29-23/h5-8,11,14-17,19H,1,9-10,12-13H2,2-4H3. The molecule has 10 heteroatoms. The van der Waals surface area contributed by atoms with E-state index in [4.69, 9.17) is 18.9 Å². The largest absolute Gasteiger partial charge is 0.497 e. The summed E-state index contributed by atoms with van der Waals surface area (Å²) in [5.41, 5.74) is 1.54. The zero-order valence-corrected chi connectivity index (χ0v) is 21.0. The third-order valence-corrected chi connectivity index (χ3v) is 5.73. The highest BCUT2D eigenvalue weighted by Crippen LogP contribution is 2.33. The van der Waals surface area contributed by atoms with E-state index in [0.29, 0.717) is 48.5 Å². The van der Waals surface area contributed by atoms with Crippen LogP contribution in [-0.2, 0) is 4.74 Å². The van der Waals surface area contributed by atoms with E-state index in [1.807, 2.05) is 13.8 Å². The summed E-state index contributed by atoms with van der Waals surface area (Å²) >= 11 is 0. The van der Waals surface area contributed by atoms with Gasteiger partial charge >= 0.3 is 6.09 Å². The molecule has 0 unspecified atom stereocenters. The van der Waals surface area contributed by atoms with Crippen LogP contribution in [0.2, 0.25) is 0 Å². The monoisotopic (exact) mass is 508 g/mol. The molecule has 0 radical (unpaired) electrons. The van der Waals surface area contributed by atoms with Crippen LogP contribution in [0.1, 0.15) is 32.3 Å². The van der Waals surface area contributed by atoms with Crippen LogP contribution in [0.3, 0.4) is 0 Å². The molecule has 0 atom stereocenters. The van der Waals surface area contributed by atoms with E-state index >= 15 is 0 Å². The Morgan fingerprint density at radius 3 is 2.57 bits per heavy atom. The first-order valence-electron chi connectivity index (χ1n) is 12.0. The van der Waals surface area contributed by atoms with E-state index in [1.54, 1.807) is 36.4 Å². The molecular weight excluding hydrogens is 479 g/mol. The molecule has 0 aliphatic carbocycles. The van der Waals surface area contributed by atoms with Crippen LogP contribution in [0.4, 0.5) is 9.18 Å². The number of methoxy groups -OCH3 is 1. The van der Waals surface area contributed by atoms with E-state index in [-0.39, 0.29) is 35.8 Å². The first-order chi connectivity index (χ1) is 17.9. The summed E-state index contributed by atoms with van der Waals surface area (Å²) in [4.78, 5) is 26.4. The van der Waals surface area contributed by atoms with Crippen molar-refractivity contribution in [2.45, 2.75) is 38.9 Å². The van der Waals surface area contributed by atoms with Gasteiger partial charge in [-0.25, -0.2) is 19.2 Å². The van der Waals surface area contributed by atoms with Gasteiger partial charge in [0.15, 0.2) is 11.6 Å². The van der Waals surface area contributed by atoms with Gasteiger partial charge in [-0.15, -0.1) is 0 Å². The first-order valence-corrected chi connectivity index (χ1v) is 12.0. The molecule has 1 saturated heterocycles. The second-order valence-electron chi connectivity index (χ2n) is 8.67. The zero-order chi connectivity index (χ0) is 26.4. The van der Waals surface area contributed by atoms with Crippen molar-refractivity contribution in [2.24, 2.45) is 0 Å². The topological polar surface area (TPSA) is 95.9 Å². The fourth-order valence-corrected chi connectivity index (χ4v) is 3.85. The zero-order valence-electron chi connectivity index (χ0n) is 21.0. The van der Waals surface area contributed by atoms with E-state index in [1.165, 1.54) is 24.5 Å². The molecule has 1 aromatic carbocycles. The highest BCUT2D eigenvalue weighted by atomic mass is 19.1. The van der Waals surface area contributed by atoms with Gasteiger partial charge in [-0.3, -0.25) is 4.98 Å². The molecule has 1 aliphatic rings. The van der Waals surface area contributed by atoms with Gasteiger partial charge in [-0.1, -0.05) is 12.7 Å². The van der Waals surface area contributed by atoms with Crippen LogP contribution in [0.25, 0.3) is 17.3 Å². The lowest BCUT2D eigenvalue weighted by Gasteiger charge is -2.32. The highest BCUT2D eigenvalue weighted by Gasteiger charge is 2.27. The Hall–Kier alpha value is -4.21. The number of aromatic nitrogens is 3. The summed E-state index contributed by atoms with van der Waals surface area (Å²) in [6.45, 7) is 8.47. The Balaban J connectivity index is 1.46. The summed E-state index contributed by atoms with van der Waals surface area (Å²) in [5, 5.41) is 0. The second kappa shape index (κ2) is 11.7. The number of halogens is 1. The number of rotatable bonds is 8. The molecular formula is C27H29FN4O5. The highest BCUT2D eigenvalue weighted by molar-refractivity contribution is 5.68. The number of benzene rings is 1. The number of ether oxygens (including phenoxy) is 4. The lowest BCUT2D eigenvalue weighted by molar-refractivity contribution is 0.0506. The Labute approximate surface area is 214 Å². The molecule has 0 saturated carbocycles. The SMILES string of the molecule is C=Cc1c(Oc2ccc(-c3cc(OC)ccn3)cc2F)ncnc1OC1CCN(C(=O)OC(C)C)CC1. The average Bonchev–Trinajstić information content (AvgIpc) is 2.90. The quantitative estimate of drug-likeness (QED) is 0.393. The summed E-state index contributed by atoms with van der Waals surface area (Å²) in [6.07, 6.45) is 4.94. The number of hydrogen-bond acceptors (Lipinski definition) is 8. The molecule has 4 rings (SSSR count). The fourth-order valence-electron chi connectivity index (χ4n) is 3.85. The number of hydrogen-bond donors (Lipinski definition) is 0. The predicted octanol–water partition coefficient (Wildman–Crippen LogP) is 5.51. The Kier molecular flexibility index (Phi) is 8.17. The van der Waals surface area contributed by atoms with E-state index in [0.717, 1.165) is 0 Å². The van der Waals surface area contributed by atoms with Crippen LogP contribution in [0, 0.1) is 5.82 Å². The van der Waals surface area contributed by atoms with Gasteiger partial charge in [0.2, 0.25) is 11.8 Å². The Bertz CT molecular complexity index is 1260. The molecule has 2 aromatic heterocycles. The first kappa shape index (κ1) is 25.9. The van der Waals surface area contributed by atoms with Gasteiger partial charge < -0.3 is 23.8 Å². The van der Waals surface area contributed by atoms with Crippen LogP contribution in [-0.4, -0.2) is 58.4 Å². The summed E-state index contributed by atoms with van der Waals surface area (Å²) < 4.78 is 37.3. The van der Waals surface area contributed by atoms with E-state index in [9.17, 15) is 9.18 Å². The maximum absolute atomic E-state index is 15.0. The molecule has 9 nitrogen and oxygen atoms in total. The van der Waals surface area contributed by atoms with Gasteiger partial charge in [0.05, 0.1) is 24.5 Å². The minimum absolute atomic E-state index is 0.0173. The summed E-state index contributed by atoms with van der Waals surface area (Å²) in [7, 11) is 1.56. The van der Waals surface area contributed by atoms with Gasteiger partial charge in [-0.05, 0) is 38.1 Å². The molecule has 3 aromatic rings. The predicted molar refractivity (Wildman–Crippen MR) is 135 cm³/mol.